The number of carbonyl (C=O) groups is 1. The Kier molecular flexibility index (Phi) is 6.10. The minimum Gasteiger partial charge on any atom is -0.492 e. The molecule has 0 bridgehead atoms. The van der Waals surface area contributed by atoms with Gasteiger partial charge in [-0.15, -0.1) is 11.3 Å². The van der Waals surface area contributed by atoms with Crippen LogP contribution in [0.1, 0.15) is 23.8 Å². The van der Waals surface area contributed by atoms with Crippen LogP contribution in [-0.4, -0.2) is 63.4 Å². The van der Waals surface area contributed by atoms with Crippen LogP contribution in [0, 0.1) is 5.92 Å². The first-order valence-electron chi connectivity index (χ1n) is 12.2. The summed E-state index contributed by atoms with van der Waals surface area (Å²) in [6.45, 7) is 4.15. The highest BCUT2D eigenvalue weighted by atomic mass is 32.1. The fourth-order valence-corrected chi connectivity index (χ4v) is 6.17. The lowest BCUT2D eigenvalue weighted by Crippen LogP contribution is -2.30. The lowest BCUT2D eigenvalue weighted by atomic mass is 9.88. The number of nitrogens with zero attached hydrogens (tertiary/aromatic N) is 5. The van der Waals surface area contributed by atoms with Crippen LogP contribution in [0.3, 0.4) is 0 Å². The van der Waals surface area contributed by atoms with E-state index >= 15 is 0 Å². The predicted octanol–water partition coefficient (Wildman–Crippen LogP) is 4.28. The summed E-state index contributed by atoms with van der Waals surface area (Å²) >= 11 is 1.72. The van der Waals surface area contributed by atoms with Gasteiger partial charge >= 0.3 is 0 Å². The van der Waals surface area contributed by atoms with Gasteiger partial charge in [0.25, 0.3) is 0 Å². The number of H-pyrrole nitrogens is 1. The summed E-state index contributed by atoms with van der Waals surface area (Å²) in [4.78, 5) is 30.0. The number of fused-ring (bicyclic) bond motifs is 4. The third-order valence-electron chi connectivity index (χ3n) is 6.69. The van der Waals surface area contributed by atoms with E-state index in [0.29, 0.717) is 25.6 Å². The largest absolute Gasteiger partial charge is 0.492 e. The van der Waals surface area contributed by atoms with Crippen molar-refractivity contribution in [1.82, 2.24) is 25.1 Å². The topological polar surface area (TPSA) is 108 Å². The molecule has 1 aliphatic heterocycles. The highest BCUT2D eigenvalue weighted by molar-refractivity contribution is 7.19. The standard InChI is InChI=1S/C26H27N7O2S/c1-2-35-21-11-19-17(13-30-32-19)10-20(21)31-25-24-18-6-5-16(9-22(18)36-26(24)29-15-28-25)12-27-14-23(34)33-7-3-4-8-33/h3-4,10-13,15-16H,2,5-9,14H2,1H3,(H,30,32)(H,28,29,31). The second kappa shape index (κ2) is 9.69. The van der Waals surface area contributed by atoms with Crippen LogP contribution in [0.25, 0.3) is 21.1 Å². The van der Waals surface area contributed by atoms with Crippen molar-refractivity contribution < 1.29 is 9.53 Å². The van der Waals surface area contributed by atoms with Gasteiger partial charge in [0.2, 0.25) is 5.91 Å². The molecule has 3 aromatic heterocycles. The number of aliphatic imine (C=N–C) groups is 1. The van der Waals surface area contributed by atoms with Crippen LogP contribution in [0.4, 0.5) is 11.5 Å². The zero-order valence-electron chi connectivity index (χ0n) is 20.0. The van der Waals surface area contributed by atoms with E-state index in [1.807, 2.05) is 42.3 Å². The second-order valence-electron chi connectivity index (χ2n) is 9.03. The number of nitrogens with one attached hydrogen (secondary N) is 2. The maximum Gasteiger partial charge on any atom is 0.244 e. The second-order valence-corrected chi connectivity index (χ2v) is 10.1. The Morgan fingerprint density at radius 2 is 2.22 bits per heavy atom. The van der Waals surface area contributed by atoms with E-state index in [9.17, 15) is 4.79 Å². The summed E-state index contributed by atoms with van der Waals surface area (Å²) in [7, 11) is 0. The molecular formula is C26H27N7O2S. The summed E-state index contributed by atoms with van der Waals surface area (Å²) in [5.74, 6) is 1.95. The Balaban J connectivity index is 1.23. The molecule has 1 unspecified atom stereocenters. The Morgan fingerprint density at radius 1 is 1.33 bits per heavy atom. The van der Waals surface area contributed by atoms with Gasteiger partial charge < -0.3 is 15.0 Å². The molecule has 9 nitrogen and oxygen atoms in total. The first kappa shape index (κ1) is 22.7. The van der Waals surface area contributed by atoms with Crippen molar-refractivity contribution in [2.24, 2.45) is 10.9 Å². The lowest BCUT2D eigenvalue weighted by Gasteiger charge is -2.19. The van der Waals surface area contributed by atoms with Gasteiger partial charge in [0.15, 0.2) is 0 Å². The van der Waals surface area contributed by atoms with E-state index in [1.165, 1.54) is 10.4 Å². The van der Waals surface area contributed by atoms with Crippen molar-refractivity contribution in [3.63, 3.8) is 0 Å². The van der Waals surface area contributed by atoms with Crippen molar-refractivity contribution >= 4 is 56.1 Å². The summed E-state index contributed by atoms with van der Waals surface area (Å²) < 4.78 is 5.90. The smallest absolute Gasteiger partial charge is 0.244 e. The molecule has 2 aliphatic rings. The van der Waals surface area contributed by atoms with E-state index < -0.39 is 0 Å². The van der Waals surface area contributed by atoms with Crippen molar-refractivity contribution in [3.05, 3.63) is 47.2 Å². The number of carbonyl (C=O) groups excluding carboxylic acids is 1. The molecule has 6 rings (SSSR count). The number of aromatic nitrogens is 4. The lowest BCUT2D eigenvalue weighted by molar-refractivity contribution is -0.128. The molecule has 10 heteroatoms. The molecule has 0 fully saturated rings. The van der Waals surface area contributed by atoms with Crippen LogP contribution in [0.5, 0.6) is 5.75 Å². The minimum absolute atomic E-state index is 0.0839. The molecule has 4 heterocycles. The summed E-state index contributed by atoms with van der Waals surface area (Å²) in [6.07, 6.45) is 12.3. The Labute approximate surface area is 212 Å². The fourth-order valence-electron chi connectivity index (χ4n) is 4.89. The molecule has 1 atom stereocenters. The molecule has 4 aromatic rings. The van der Waals surface area contributed by atoms with Crippen LogP contribution in [0.15, 0.2) is 41.8 Å². The Hall–Kier alpha value is -3.79. The quantitative estimate of drug-likeness (QED) is 0.289. The number of anilines is 2. The third-order valence-corrected chi connectivity index (χ3v) is 7.85. The van der Waals surface area contributed by atoms with Crippen LogP contribution in [-0.2, 0) is 17.6 Å². The van der Waals surface area contributed by atoms with E-state index in [-0.39, 0.29) is 12.5 Å². The molecule has 0 spiro atoms. The molecule has 2 N–H and O–H groups in total. The minimum atomic E-state index is 0.0839. The maximum absolute atomic E-state index is 12.3. The SMILES string of the molecule is CCOc1cc2[nH]ncc2cc1Nc1ncnc2sc3c(c12)CCC(C=NCC(=O)N1CC=CC1)C3. The number of rotatable bonds is 7. The molecule has 1 aliphatic carbocycles. The molecule has 0 saturated heterocycles. The van der Waals surface area contributed by atoms with Crippen molar-refractivity contribution in [1.29, 1.82) is 0 Å². The van der Waals surface area contributed by atoms with Crippen LogP contribution < -0.4 is 10.1 Å². The number of hydrogen-bond acceptors (Lipinski definition) is 8. The monoisotopic (exact) mass is 501 g/mol. The molecular weight excluding hydrogens is 474 g/mol. The first-order chi connectivity index (χ1) is 17.7. The van der Waals surface area contributed by atoms with Gasteiger partial charge in [0.1, 0.15) is 29.3 Å². The zero-order valence-corrected chi connectivity index (χ0v) is 20.8. The van der Waals surface area contributed by atoms with Gasteiger partial charge in [-0.1, -0.05) is 12.2 Å². The zero-order chi connectivity index (χ0) is 24.5. The molecule has 0 radical (unpaired) electrons. The number of ether oxygens (including phenoxy) is 1. The van der Waals surface area contributed by atoms with E-state index in [1.54, 1.807) is 23.9 Å². The predicted molar refractivity (Wildman–Crippen MR) is 143 cm³/mol. The molecule has 36 heavy (non-hydrogen) atoms. The van der Waals surface area contributed by atoms with E-state index in [2.05, 4.69) is 30.5 Å². The van der Waals surface area contributed by atoms with Gasteiger partial charge in [-0.3, -0.25) is 14.9 Å². The van der Waals surface area contributed by atoms with Crippen molar-refractivity contribution in [2.75, 3.05) is 31.6 Å². The maximum atomic E-state index is 12.3. The fraction of sp³-hybridized carbons (Fsp3) is 0.346. The highest BCUT2D eigenvalue weighted by Gasteiger charge is 2.25. The number of hydrogen-bond donors (Lipinski definition) is 2. The molecule has 1 aromatic carbocycles. The first-order valence-corrected chi connectivity index (χ1v) is 13.1. The van der Waals surface area contributed by atoms with Crippen LogP contribution >= 0.6 is 11.3 Å². The number of amides is 1. The molecule has 1 amide bonds. The van der Waals surface area contributed by atoms with Crippen LogP contribution in [0.2, 0.25) is 0 Å². The summed E-state index contributed by atoms with van der Waals surface area (Å²) in [5, 5.41) is 12.7. The molecule has 184 valence electrons. The van der Waals surface area contributed by atoms with Gasteiger partial charge in [-0.2, -0.15) is 5.10 Å². The summed E-state index contributed by atoms with van der Waals surface area (Å²) in [5.41, 5.74) is 3.09. The number of aromatic amines is 1. The highest BCUT2D eigenvalue weighted by Crippen LogP contribution is 2.41. The van der Waals surface area contributed by atoms with Gasteiger partial charge in [-0.25, -0.2) is 9.97 Å². The normalized spacial score (nSPS) is 17.4. The Bertz CT molecular complexity index is 1480. The Morgan fingerprint density at radius 3 is 3.08 bits per heavy atom. The van der Waals surface area contributed by atoms with E-state index in [0.717, 1.165) is 57.6 Å². The van der Waals surface area contributed by atoms with Gasteiger partial charge in [0.05, 0.1) is 29.4 Å². The van der Waals surface area contributed by atoms with Gasteiger partial charge in [-0.05, 0) is 43.7 Å². The number of thiophene rings is 1. The van der Waals surface area contributed by atoms with Crippen molar-refractivity contribution in [3.8, 4) is 5.75 Å². The third kappa shape index (κ3) is 4.32. The number of benzene rings is 1. The van der Waals surface area contributed by atoms with E-state index in [4.69, 9.17) is 4.74 Å². The van der Waals surface area contributed by atoms with Crippen molar-refractivity contribution in [2.45, 2.75) is 26.2 Å². The average molecular weight is 502 g/mol. The molecule has 0 saturated carbocycles. The van der Waals surface area contributed by atoms with Gasteiger partial charge in [0, 0.05) is 35.6 Å². The number of aryl methyl sites for hydroxylation is 1. The summed E-state index contributed by atoms with van der Waals surface area (Å²) in [6, 6.07) is 3.99. The average Bonchev–Trinajstić information content (AvgIpc) is 3.64.